The Morgan fingerprint density at radius 3 is 2.79 bits per heavy atom. The molecule has 136 valence electrons. The summed E-state index contributed by atoms with van der Waals surface area (Å²) in [6.45, 7) is 6.94. The van der Waals surface area contributed by atoms with Gasteiger partial charge >= 0.3 is 5.97 Å². The summed E-state index contributed by atoms with van der Waals surface area (Å²) < 4.78 is 10.9. The molecule has 6 heteroatoms. The molecule has 0 saturated carbocycles. The van der Waals surface area contributed by atoms with Crippen molar-refractivity contribution >= 4 is 34.5 Å². The zero-order valence-electron chi connectivity index (χ0n) is 14.7. The largest absolute Gasteiger partial charge is 0.466 e. The minimum absolute atomic E-state index is 0.0249. The van der Waals surface area contributed by atoms with Gasteiger partial charge in [0, 0.05) is 6.61 Å². The molecule has 2 atom stereocenters. The SMILES string of the molecule is CCOC(=O)Cc1cccc(C(CCCC(C)(C)CO)OPI)c1. The second kappa shape index (κ2) is 11.4. The van der Waals surface area contributed by atoms with Crippen LogP contribution in [0.15, 0.2) is 24.3 Å². The summed E-state index contributed by atoms with van der Waals surface area (Å²) in [4.78, 5) is 11.7. The zero-order valence-corrected chi connectivity index (χ0v) is 17.8. The van der Waals surface area contributed by atoms with Crippen molar-refractivity contribution in [3.63, 3.8) is 0 Å². The molecule has 1 aromatic carbocycles. The monoisotopic (exact) mass is 466 g/mol. The summed E-state index contributed by atoms with van der Waals surface area (Å²) in [6, 6.07) is 8.00. The Bertz CT molecular complexity index is 508. The summed E-state index contributed by atoms with van der Waals surface area (Å²) in [5.74, 6) is -0.201. The number of carbonyl (C=O) groups excluding carboxylic acids is 1. The first-order chi connectivity index (χ1) is 11.4. The van der Waals surface area contributed by atoms with Crippen molar-refractivity contribution in [1.29, 1.82) is 0 Å². The quantitative estimate of drug-likeness (QED) is 0.284. The molecular formula is C18H28IO4P. The molecule has 0 aliphatic heterocycles. The standard InChI is InChI=1S/C18H28IO4P/c1-4-22-17(21)12-14-7-5-8-15(11-14)16(23-24-19)9-6-10-18(2,3)13-20/h5,7-8,11,16,20,24H,4,6,9-10,12-13H2,1-3H3. The molecule has 0 aliphatic carbocycles. The van der Waals surface area contributed by atoms with Crippen LogP contribution in [0.1, 0.15) is 57.3 Å². The van der Waals surface area contributed by atoms with Gasteiger partial charge in [0.15, 0.2) is 0 Å². The lowest BCUT2D eigenvalue weighted by Gasteiger charge is -2.23. The molecule has 0 aromatic heterocycles. The van der Waals surface area contributed by atoms with Crippen molar-refractivity contribution in [2.75, 3.05) is 13.2 Å². The molecule has 1 N–H and O–H groups in total. The Balaban J connectivity index is 2.71. The van der Waals surface area contributed by atoms with Gasteiger partial charge in [0.25, 0.3) is 0 Å². The highest BCUT2D eigenvalue weighted by atomic mass is 127. The molecule has 0 spiro atoms. The highest BCUT2D eigenvalue weighted by Crippen LogP contribution is 2.36. The maximum atomic E-state index is 11.7. The summed E-state index contributed by atoms with van der Waals surface area (Å²) in [6.07, 6.45) is 3.16. The van der Waals surface area contributed by atoms with Gasteiger partial charge in [0.1, 0.15) is 0 Å². The van der Waals surface area contributed by atoms with E-state index in [1.54, 1.807) is 0 Å². The van der Waals surface area contributed by atoms with Crippen LogP contribution in [-0.2, 0) is 20.5 Å². The lowest BCUT2D eigenvalue weighted by molar-refractivity contribution is -0.142. The lowest BCUT2D eigenvalue weighted by atomic mass is 9.87. The first-order valence-corrected chi connectivity index (χ1v) is 12.3. The van der Waals surface area contributed by atoms with Gasteiger partial charge in [0.2, 0.25) is 0 Å². The number of hydrogen-bond acceptors (Lipinski definition) is 4. The summed E-state index contributed by atoms with van der Waals surface area (Å²) >= 11 is 2.24. The van der Waals surface area contributed by atoms with Crippen molar-refractivity contribution in [2.45, 2.75) is 52.6 Å². The van der Waals surface area contributed by atoms with Gasteiger partial charge in [-0.1, -0.05) is 38.1 Å². The van der Waals surface area contributed by atoms with Crippen LogP contribution >= 0.6 is 28.5 Å². The maximum Gasteiger partial charge on any atom is 0.310 e. The van der Waals surface area contributed by atoms with E-state index in [4.69, 9.17) is 9.26 Å². The van der Waals surface area contributed by atoms with Crippen LogP contribution in [0, 0.1) is 5.41 Å². The van der Waals surface area contributed by atoms with Gasteiger partial charge in [-0.2, -0.15) is 0 Å². The number of carbonyl (C=O) groups is 1. The molecule has 1 rings (SSSR count). The van der Waals surface area contributed by atoms with Crippen molar-refractivity contribution in [3.8, 4) is 0 Å². The van der Waals surface area contributed by atoms with E-state index in [9.17, 15) is 9.90 Å². The minimum Gasteiger partial charge on any atom is -0.466 e. The molecule has 0 saturated heterocycles. The molecule has 4 nitrogen and oxygen atoms in total. The zero-order chi connectivity index (χ0) is 18.0. The third kappa shape index (κ3) is 8.24. The fraction of sp³-hybridized carbons (Fsp3) is 0.611. The number of esters is 1. The molecule has 0 radical (unpaired) electrons. The van der Waals surface area contributed by atoms with Gasteiger partial charge in [-0.25, -0.2) is 0 Å². The van der Waals surface area contributed by atoms with Gasteiger partial charge < -0.3 is 14.4 Å². The van der Waals surface area contributed by atoms with Crippen molar-refractivity contribution < 1.29 is 19.2 Å². The Kier molecular flexibility index (Phi) is 10.4. The Morgan fingerprint density at radius 2 is 2.17 bits per heavy atom. The first-order valence-electron chi connectivity index (χ1n) is 8.28. The molecule has 0 bridgehead atoms. The Morgan fingerprint density at radius 1 is 1.42 bits per heavy atom. The Hall–Kier alpha value is -0.230. The highest BCUT2D eigenvalue weighted by Gasteiger charge is 2.19. The second-order valence-corrected chi connectivity index (χ2v) is 8.34. The fourth-order valence-electron chi connectivity index (χ4n) is 2.47. The third-order valence-corrected chi connectivity index (χ3v) is 5.05. The molecule has 1 aromatic rings. The molecule has 2 unspecified atom stereocenters. The second-order valence-electron chi connectivity index (χ2n) is 6.63. The maximum absolute atomic E-state index is 11.7. The predicted octanol–water partition coefficient (Wildman–Crippen LogP) is 4.98. The fourth-order valence-corrected chi connectivity index (χ4v) is 3.76. The van der Waals surface area contributed by atoms with Crippen LogP contribution < -0.4 is 0 Å². The van der Waals surface area contributed by atoms with E-state index < -0.39 is 0 Å². The number of ether oxygens (including phenoxy) is 1. The first kappa shape index (κ1) is 21.8. The smallest absolute Gasteiger partial charge is 0.310 e. The number of aliphatic hydroxyl groups excluding tert-OH is 1. The Labute approximate surface area is 160 Å². The topological polar surface area (TPSA) is 55.8 Å². The van der Waals surface area contributed by atoms with Crippen LogP contribution in [-0.4, -0.2) is 24.3 Å². The van der Waals surface area contributed by atoms with E-state index in [0.29, 0.717) is 19.5 Å². The van der Waals surface area contributed by atoms with Crippen LogP contribution in [0.3, 0.4) is 0 Å². The predicted molar refractivity (Wildman–Crippen MR) is 108 cm³/mol. The third-order valence-electron chi connectivity index (χ3n) is 3.91. The number of hydrogen-bond donors (Lipinski definition) is 1. The number of rotatable bonds is 11. The number of halogens is 1. The van der Waals surface area contributed by atoms with Crippen LogP contribution in [0.2, 0.25) is 0 Å². The highest BCUT2D eigenvalue weighted by molar-refractivity contribution is 14.2. The van der Waals surface area contributed by atoms with Gasteiger partial charge in [-0.05, 0) is 64.8 Å². The van der Waals surface area contributed by atoms with E-state index in [1.165, 1.54) is 0 Å². The van der Waals surface area contributed by atoms with Crippen molar-refractivity contribution in [1.82, 2.24) is 0 Å². The molecule has 0 aliphatic rings. The van der Waals surface area contributed by atoms with Crippen molar-refractivity contribution in [2.24, 2.45) is 5.41 Å². The summed E-state index contributed by atoms with van der Waals surface area (Å²) in [7, 11) is 0. The molecule has 0 amide bonds. The van der Waals surface area contributed by atoms with E-state index in [2.05, 4.69) is 35.9 Å². The average molecular weight is 466 g/mol. The molecule has 24 heavy (non-hydrogen) atoms. The summed E-state index contributed by atoms with van der Waals surface area (Å²) in [5, 5.41) is 9.37. The normalized spacial score (nSPS) is 13.4. The van der Waals surface area contributed by atoms with Crippen LogP contribution in [0.5, 0.6) is 0 Å². The van der Waals surface area contributed by atoms with Crippen LogP contribution in [0.25, 0.3) is 0 Å². The van der Waals surface area contributed by atoms with E-state index in [0.717, 1.165) is 30.4 Å². The van der Waals surface area contributed by atoms with Crippen molar-refractivity contribution in [3.05, 3.63) is 35.4 Å². The average Bonchev–Trinajstić information content (AvgIpc) is 2.54. The van der Waals surface area contributed by atoms with Crippen LogP contribution in [0.4, 0.5) is 0 Å². The van der Waals surface area contributed by atoms with Gasteiger partial charge in [-0.15, -0.1) is 0 Å². The molecule has 0 heterocycles. The molecular weight excluding hydrogens is 438 g/mol. The molecule has 0 fully saturated rings. The van der Waals surface area contributed by atoms with E-state index in [-0.39, 0.29) is 24.1 Å². The van der Waals surface area contributed by atoms with E-state index >= 15 is 0 Å². The minimum atomic E-state index is -0.201. The van der Waals surface area contributed by atoms with Gasteiger partial charge in [-0.3, -0.25) is 4.79 Å². The summed E-state index contributed by atoms with van der Waals surface area (Å²) in [5.41, 5.74) is 2.00. The lowest BCUT2D eigenvalue weighted by Crippen LogP contribution is -2.16. The van der Waals surface area contributed by atoms with Gasteiger partial charge in [0.05, 0.1) is 25.6 Å². The number of aliphatic hydroxyl groups is 1. The van der Waals surface area contributed by atoms with E-state index in [1.807, 2.05) is 31.2 Å². The number of benzene rings is 1.